The van der Waals surface area contributed by atoms with E-state index < -0.39 is 6.04 Å². The van der Waals surface area contributed by atoms with Gasteiger partial charge in [-0.25, -0.2) is 0 Å². The molecule has 160 valence electrons. The normalized spacial score (nSPS) is 15.6. The highest BCUT2D eigenvalue weighted by atomic mass is 35.5. The topological polar surface area (TPSA) is 63.4 Å². The molecule has 1 unspecified atom stereocenters. The number of amides is 1. The van der Waals surface area contributed by atoms with Gasteiger partial charge in [0.15, 0.2) is 5.43 Å². The fourth-order valence-electron chi connectivity index (χ4n) is 4.25. The number of halogens is 1. The summed E-state index contributed by atoms with van der Waals surface area (Å²) >= 11 is 6.14. The van der Waals surface area contributed by atoms with Crippen LogP contribution in [0.2, 0.25) is 5.02 Å². The van der Waals surface area contributed by atoms with Crippen molar-refractivity contribution < 1.29 is 9.21 Å². The van der Waals surface area contributed by atoms with E-state index in [1.165, 1.54) is 5.56 Å². The van der Waals surface area contributed by atoms with Crippen LogP contribution >= 0.6 is 11.6 Å². The minimum Gasteiger partial charge on any atom is -0.450 e. The Hall–Kier alpha value is -3.44. The van der Waals surface area contributed by atoms with Crippen LogP contribution in [0.25, 0.3) is 11.0 Å². The van der Waals surface area contributed by atoms with Gasteiger partial charge < -0.3 is 9.32 Å². The number of hydrogen-bond donors (Lipinski definition) is 0. The molecule has 32 heavy (non-hydrogen) atoms. The van der Waals surface area contributed by atoms with E-state index in [1.54, 1.807) is 35.5 Å². The van der Waals surface area contributed by atoms with Gasteiger partial charge in [-0.05, 0) is 46.9 Å². The molecule has 0 aliphatic carbocycles. The van der Waals surface area contributed by atoms with Crippen molar-refractivity contribution in [1.82, 2.24) is 9.88 Å². The van der Waals surface area contributed by atoms with E-state index in [0.29, 0.717) is 34.0 Å². The summed E-state index contributed by atoms with van der Waals surface area (Å²) in [6, 6.07) is 16.1. The van der Waals surface area contributed by atoms with Gasteiger partial charge in [-0.2, -0.15) is 0 Å². The van der Waals surface area contributed by atoms with Crippen molar-refractivity contribution in [3.63, 3.8) is 0 Å². The van der Waals surface area contributed by atoms with E-state index in [2.05, 4.69) is 18.8 Å². The first kappa shape index (κ1) is 20.5. The molecule has 3 heterocycles. The summed E-state index contributed by atoms with van der Waals surface area (Å²) in [5.41, 5.74) is 3.39. The van der Waals surface area contributed by atoms with Crippen LogP contribution in [0.15, 0.2) is 76.2 Å². The Morgan fingerprint density at radius 2 is 1.88 bits per heavy atom. The quantitative estimate of drug-likeness (QED) is 0.404. The number of hydrogen-bond acceptors (Lipinski definition) is 4. The standard InChI is InChI=1S/C26H21ClN2O3/c1-15(2)17-5-7-18(8-6-17)23-22-24(30)20-12-19(27)9-10-21(20)32-25(22)26(31)29(23)14-16-4-3-11-28-13-16/h3-13,15,23H,14H2,1-2H3. The summed E-state index contributed by atoms with van der Waals surface area (Å²) in [6.45, 7) is 4.56. The van der Waals surface area contributed by atoms with Crippen molar-refractivity contribution in [1.29, 1.82) is 0 Å². The lowest BCUT2D eigenvalue weighted by Crippen LogP contribution is -2.29. The number of fused-ring (bicyclic) bond motifs is 2. The average molecular weight is 445 g/mol. The van der Waals surface area contributed by atoms with Gasteiger partial charge in [0.2, 0.25) is 5.76 Å². The number of benzene rings is 2. The molecular formula is C26H21ClN2O3. The first-order valence-electron chi connectivity index (χ1n) is 10.5. The van der Waals surface area contributed by atoms with Crippen LogP contribution < -0.4 is 5.43 Å². The van der Waals surface area contributed by atoms with Crippen molar-refractivity contribution in [3.8, 4) is 0 Å². The molecule has 0 saturated heterocycles. The van der Waals surface area contributed by atoms with Crippen LogP contribution in [-0.4, -0.2) is 15.8 Å². The van der Waals surface area contributed by atoms with E-state index in [-0.39, 0.29) is 17.1 Å². The molecule has 5 rings (SSSR count). The van der Waals surface area contributed by atoms with Crippen LogP contribution in [-0.2, 0) is 6.54 Å². The second-order valence-electron chi connectivity index (χ2n) is 8.33. The van der Waals surface area contributed by atoms with Crippen molar-refractivity contribution in [2.75, 3.05) is 0 Å². The van der Waals surface area contributed by atoms with E-state index in [4.69, 9.17) is 16.0 Å². The molecule has 0 radical (unpaired) electrons. The lowest BCUT2D eigenvalue weighted by molar-refractivity contribution is 0.0714. The Bertz CT molecular complexity index is 1380. The van der Waals surface area contributed by atoms with Crippen LogP contribution in [0.5, 0.6) is 0 Å². The minimum absolute atomic E-state index is 0.0895. The maximum absolute atomic E-state index is 13.6. The molecule has 1 aliphatic heterocycles. The summed E-state index contributed by atoms with van der Waals surface area (Å²) in [6.07, 6.45) is 3.41. The molecule has 1 atom stereocenters. The smallest absolute Gasteiger partial charge is 0.291 e. The number of carbonyl (C=O) groups is 1. The van der Waals surface area contributed by atoms with E-state index in [1.807, 2.05) is 36.4 Å². The molecule has 5 nitrogen and oxygen atoms in total. The second-order valence-corrected chi connectivity index (χ2v) is 8.77. The van der Waals surface area contributed by atoms with Crippen LogP contribution in [0.3, 0.4) is 0 Å². The van der Waals surface area contributed by atoms with Gasteiger partial charge in [-0.3, -0.25) is 14.6 Å². The fraction of sp³-hybridized carbons (Fsp3) is 0.192. The van der Waals surface area contributed by atoms with E-state index in [0.717, 1.165) is 11.1 Å². The molecule has 4 aromatic rings. The van der Waals surface area contributed by atoms with Gasteiger partial charge in [-0.15, -0.1) is 0 Å². The highest BCUT2D eigenvalue weighted by Gasteiger charge is 2.42. The monoisotopic (exact) mass is 444 g/mol. The van der Waals surface area contributed by atoms with Crippen molar-refractivity contribution in [3.05, 3.63) is 110 Å². The van der Waals surface area contributed by atoms with Crippen LogP contribution in [0.1, 0.15) is 58.6 Å². The zero-order valence-corrected chi connectivity index (χ0v) is 18.5. The van der Waals surface area contributed by atoms with Crippen molar-refractivity contribution >= 4 is 28.5 Å². The molecule has 0 spiro atoms. The third-order valence-electron chi connectivity index (χ3n) is 5.92. The van der Waals surface area contributed by atoms with Crippen LogP contribution in [0.4, 0.5) is 0 Å². The molecule has 0 fully saturated rings. The molecule has 0 saturated carbocycles. The van der Waals surface area contributed by atoms with E-state index in [9.17, 15) is 9.59 Å². The Morgan fingerprint density at radius 3 is 2.56 bits per heavy atom. The average Bonchev–Trinajstić information content (AvgIpc) is 3.07. The largest absolute Gasteiger partial charge is 0.450 e. The maximum atomic E-state index is 13.6. The fourth-order valence-corrected chi connectivity index (χ4v) is 4.43. The third-order valence-corrected chi connectivity index (χ3v) is 6.16. The van der Waals surface area contributed by atoms with Gasteiger partial charge in [-0.1, -0.05) is 55.8 Å². The van der Waals surface area contributed by atoms with Gasteiger partial charge >= 0.3 is 0 Å². The molecule has 6 heteroatoms. The molecule has 1 aliphatic rings. The molecule has 1 amide bonds. The summed E-state index contributed by atoms with van der Waals surface area (Å²) < 4.78 is 5.97. The van der Waals surface area contributed by atoms with Crippen molar-refractivity contribution in [2.45, 2.75) is 32.4 Å². The predicted octanol–water partition coefficient (Wildman–Crippen LogP) is 5.71. The van der Waals surface area contributed by atoms with Crippen molar-refractivity contribution in [2.24, 2.45) is 0 Å². The first-order chi connectivity index (χ1) is 15.4. The Balaban J connectivity index is 1.71. The van der Waals surface area contributed by atoms with Crippen LogP contribution in [0, 0.1) is 0 Å². The molecule has 0 N–H and O–H groups in total. The number of aromatic nitrogens is 1. The number of carbonyl (C=O) groups excluding carboxylic acids is 1. The Morgan fingerprint density at radius 1 is 1.09 bits per heavy atom. The minimum atomic E-state index is -0.557. The van der Waals surface area contributed by atoms with Gasteiger partial charge in [0.05, 0.1) is 17.0 Å². The number of rotatable bonds is 4. The predicted molar refractivity (Wildman–Crippen MR) is 124 cm³/mol. The molecule has 0 bridgehead atoms. The summed E-state index contributed by atoms with van der Waals surface area (Å²) in [5.74, 6) is 0.159. The van der Waals surface area contributed by atoms with E-state index >= 15 is 0 Å². The lowest BCUT2D eigenvalue weighted by Gasteiger charge is -2.25. The SMILES string of the molecule is CC(C)c1ccc(C2c3c(oc4ccc(Cl)cc4c3=O)C(=O)N2Cc2cccnc2)cc1. The highest BCUT2D eigenvalue weighted by molar-refractivity contribution is 6.31. The molecule has 2 aromatic heterocycles. The zero-order valence-electron chi connectivity index (χ0n) is 17.7. The maximum Gasteiger partial charge on any atom is 0.291 e. The number of pyridine rings is 1. The van der Waals surface area contributed by atoms with Gasteiger partial charge in [0.25, 0.3) is 5.91 Å². The highest BCUT2D eigenvalue weighted by Crippen LogP contribution is 2.39. The second kappa shape index (κ2) is 7.92. The zero-order chi connectivity index (χ0) is 22.4. The summed E-state index contributed by atoms with van der Waals surface area (Å²) in [7, 11) is 0. The Kier molecular flexibility index (Phi) is 5.06. The number of nitrogens with zero attached hydrogens (tertiary/aromatic N) is 2. The third kappa shape index (κ3) is 3.39. The first-order valence-corrected chi connectivity index (χ1v) is 10.9. The molecule has 2 aromatic carbocycles. The summed E-state index contributed by atoms with van der Waals surface area (Å²) in [4.78, 5) is 32.9. The summed E-state index contributed by atoms with van der Waals surface area (Å²) in [5, 5.41) is 0.815. The van der Waals surface area contributed by atoms with Gasteiger partial charge in [0.1, 0.15) is 5.58 Å². The van der Waals surface area contributed by atoms with Gasteiger partial charge in [0, 0.05) is 24.0 Å². The Labute approximate surface area is 190 Å². The lowest BCUT2D eigenvalue weighted by atomic mass is 9.95. The molecular weight excluding hydrogens is 424 g/mol.